The molecule has 3 aromatic rings. The molecule has 2 aliphatic heterocycles. The van der Waals surface area contributed by atoms with Gasteiger partial charge >= 0.3 is 0 Å². The maximum absolute atomic E-state index is 14.1. The summed E-state index contributed by atoms with van der Waals surface area (Å²) in [6.45, 7) is 6.43. The summed E-state index contributed by atoms with van der Waals surface area (Å²) in [5, 5.41) is 4.29. The number of benzene rings is 3. The fourth-order valence-corrected chi connectivity index (χ4v) is 4.65. The Kier molecular flexibility index (Phi) is 4.01. The number of ether oxygens (including phenoxy) is 1. The van der Waals surface area contributed by atoms with Crippen molar-refractivity contribution >= 4 is 22.9 Å². The van der Waals surface area contributed by atoms with Crippen molar-refractivity contribution in [3.05, 3.63) is 88.2 Å². The highest BCUT2D eigenvalue weighted by atomic mass is 35.5. The molecule has 146 valence electrons. The van der Waals surface area contributed by atoms with Crippen LogP contribution in [0.4, 0.5) is 10.1 Å². The molecule has 1 N–H and O–H groups in total. The van der Waals surface area contributed by atoms with Crippen molar-refractivity contribution in [2.45, 2.75) is 32.4 Å². The average molecular weight is 406 g/mol. The highest BCUT2D eigenvalue weighted by molar-refractivity contribution is 6.30. The van der Waals surface area contributed by atoms with Gasteiger partial charge in [-0.2, -0.15) is 0 Å². The summed E-state index contributed by atoms with van der Waals surface area (Å²) >= 11 is 6.12. The summed E-state index contributed by atoms with van der Waals surface area (Å²) in [4.78, 5) is 0. The first-order chi connectivity index (χ1) is 13.8. The minimum absolute atomic E-state index is 0.138. The van der Waals surface area contributed by atoms with E-state index in [2.05, 4.69) is 44.3 Å². The van der Waals surface area contributed by atoms with E-state index in [4.69, 9.17) is 16.3 Å². The minimum Gasteiger partial charge on any atom is -0.480 e. The topological polar surface area (TPSA) is 21.3 Å². The van der Waals surface area contributed by atoms with Crippen LogP contribution in [0.1, 0.15) is 43.6 Å². The van der Waals surface area contributed by atoms with E-state index in [9.17, 15) is 4.39 Å². The second-order valence-electron chi connectivity index (χ2n) is 8.31. The van der Waals surface area contributed by atoms with Crippen molar-refractivity contribution in [2.75, 3.05) is 5.32 Å². The molecule has 4 heteroatoms. The maximum Gasteiger partial charge on any atom is 0.150 e. The smallest absolute Gasteiger partial charge is 0.150 e. The molecule has 0 radical (unpaired) electrons. The second-order valence-corrected chi connectivity index (χ2v) is 8.75. The van der Waals surface area contributed by atoms with Crippen LogP contribution in [0.3, 0.4) is 0 Å². The number of nitrogens with one attached hydrogen (secondary N) is 1. The SMILES string of the molecule is CC1=CC(C)(C)Nc2ccc3c(c21)[C@H](c1ccc(Cl)cc1)Oc1ccc(F)cc1-3. The van der Waals surface area contributed by atoms with Gasteiger partial charge in [0, 0.05) is 27.4 Å². The van der Waals surface area contributed by atoms with E-state index in [0.717, 1.165) is 33.5 Å². The Bertz CT molecular complexity index is 1160. The maximum atomic E-state index is 14.1. The van der Waals surface area contributed by atoms with Gasteiger partial charge in [0.2, 0.25) is 0 Å². The molecule has 1 atom stereocenters. The van der Waals surface area contributed by atoms with Crippen LogP contribution in [0.15, 0.2) is 60.7 Å². The van der Waals surface area contributed by atoms with Gasteiger partial charge in [-0.05, 0) is 73.9 Å². The Morgan fingerprint density at radius 2 is 1.76 bits per heavy atom. The quantitative estimate of drug-likeness (QED) is 0.460. The zero-order valence-corrected chi connectivity index (χ0v) is 17.3. The van der Waals surface area contributed by atoms with Crippen LogP contribution in [0, 0.1) is 5.82 Å². The second kappa shape index (κ2) is 6.36. The summed E-state index contributed by atoms with van der Waals surface area (Å²) in [7, 11) is 0. The molecule has 0 fully saturated rings. The molecule has 29 heavy (non-hydrogen) atoms. The molecule has 2 heterocycles. The van der Waals surface area contributed by atoms with Crippen molar-refractivity contribution in [2.24, 2.45) is 0 Å². The lowest BCUT2D eigenvalue weighted by Crippen LogP contribution is -2.32. The minimum atomic E-state index is -0.304. The molecule has 0 saturated carbocycles. The number of allylic oxidation sites excluding steroid dienone is 1. The molecule has 0 aromatic heterocycles. The molecular formula is C25H21ClFNO. The fourth-order valence-electron chi connectivity index (χ4n) is 4.53. The Morgan fingerprint density at radius 3 is 2.52 bits per heavy atom. The number of hydrogen-bond donors (Lipinski definition) is 1. The summed E-state index contributed by atoms with van der Waals surface area (Å²) < 4.78 is 20.5. The Morgan fingerprint density at radius 1 is 1.00 bits per heavy atom. The molecule has 2 nitrogen and oxygen atoms in total. The first-order valence-electron chi connectivity index (χ1n) is 9.69. The van der Waals surface area contributed by atoms with Gasteiger partial charge in [-0.3, -0.25) is 0 Å². The normalized spacial score (nSPS) is 18.5. The van der Waals surface area contributed by atoms with Crippen molar-refractivity contribution in [3.63, 3.8) is 0 Å². The fraction of sp³-hybridized carbons (Fsp3) is 0.200. The van der Waals surface area contributed by atoms with Crippen LogP contribution in [0.2, 0.25) is 5.02 Å². The van der Waals surface area contributed by atoms with Crippen molar-refractivity contribution in [1.29, 1.82) is 0 Å². The van der Waals surface area contributed by atoms with Crippen LogP contribution >= 0.6 is 11.6 Å². The summed E-state index contributed by atoms with van der Waals surface area (Å²) in [6.07, 6.45) is 1.93. The van der Waals surface area contributed by atoms with Crippen molar-refractivity contribution < 1.29 is 9.13 Å². The van der Waals surface area contributed by atoms with Crippen LogP contribution in [-0.2, 0) is 0 Å². The van der Waals surface area contributed by atoms with Crippen molar-refractivity contribution in [1.82, 2.24) is 0 Å². The molecule has 0 bridgehead atoms. The van der Waals surface area contributed by atoms with E-state index in [1.165, 1.54) is 11.6 Å². The Labute approximate surface area is 175 Å². The van der Waals surface area contributed by atoms with Gasteiger partial charge in [-0.25, -0.2) is 4.39 Å². The van der Waals surface area contributed by atoms with E-state index in [-0.39, 0.29) is 17.5 Å². The Hall–Kier alpha value is -2.78. The lowest BCUT2D eigenvalue weighted by Gasteiger charge is -2.37. The predicted molar refractivity (Wildman–Crippen MR) is 117 cm³/mol. The molecule has 2 aliphatic rings. The molecule has 0 unspecified atom stereocenters. The van der Waals surface area contributed by atoms with E-state index < -0.39 is 0 Å². The third-order valence-electron chi connectivity index (χ3n) is 5.59. The summed E-state index contributed by atoms with van der Waals surface area (Å²) in [6, 6.07) is 16.6. The third kappa shape index (κ3) is 3.01. The molecule has 0 saturated heterocycles. The standard InChI is InChI=1S/C25H21ClFNO/c1-14-13-25(2,3)28-20-10-9-18-19-12-17(27)8-11-21(19)29-24(23(18)22(14)20)15-4-6-16(26)7-5-15/h4-13,24,28H,1-3H3/t24-/m0/s1. The first-order valence-corrected chi connectivity index (χ1v) is 10.1. The van der Waals surface area contributed by atoms with E-state index in [1.54, 1.807) is 12.1 Å². The molecule has 0 amide bonds. The predicted octanol–water partition coefficient (Wildman–Crippen LogP) is 7.24. The molecular weight excluding hydrogens is 385 g/mol. The van der Waals surface area contributed by atoms with Crippen LogP contribution in [-0.4, -0.2) is 5.54 Å². The number of halogens is 2. The summed E-state index contributed by atoms with van der Waals surface area (Å²) in [5.41, 5.74) is 7.08. The van der Waals surface area contributed by atoms with Gasteiger partial charge in [0.1, 0.15) is 11.6 Å². The van der Waals surface area contributed by atoms with Gasteiger partial charge < -0.3 is 10.1 Å². The number of rotatable bonds is 1. The summed E-state index contributed by atoms with van der Waals surface area (Å²) in [5.74, 6) is 0.414. The van der Waals surface area contributed by atoms with E-state index >= 15 is 0 Å². The van der Waals surface area contributed by atoms with Gasteiger partial charge in [0.05, 0.1) is 5.54 Å². The van der Waals surface area contributed by atoms with Gasteiger partial charge in [-0.15, -0.1) is 0 Å². The van der Waals surface area contributed by atoms with Crippen LogP contribution in [0.5, 0.6) is 5.75 Å². The lowest BCUT2D eigenvalue weighted by molar-refractivity contribution is 0.243. The van der Waals surface area contributed by atoms with Crippen molar-refractivity contribution in [3.8, 4) is 16.9 Å². The highest BCUT2D eigenvalue weighted by Crippen LogP contribution is 2.50. The molecule has 0 spiro atoms. The first kappa shape index (κ1) is 18.3. The number of anilines is 1. The van der Waals surface area contributed by atoms with Gasteiger partial charge in [0.15, 0.2) is 6.10 Å². The van der Waals surface area contributed by atoms with Gasteiger partial charge in [-0.1, -0.05) is 35.9 Å². The molecule has 5 rings (SSSR count). The lowest BCUT2D eigenvalue weighted by atomic mass is 9.80. The third-order valence-corrected chi connectivity index (χ3v) is 5.84. The number of hydrogen-bond acceptors (Lipinski definition) is 2. The average Bonchev–Trinajstić information content (AvgIpc) is 2.66. The largest absolute Gasteiger partial charge is 0.480 e. The zero-order valence-electron chi connectivity index (χ0n) is 16.5. The number of fused-ring (bicyclic) bond motifs is 5. The molecule has 0 aliphatic carbocycles. The van der Waals surface area contributed by atoms with Crippen LogP contribution in [0.25, 0.3) is 16.7 Å². The van der Waals surface area contributed by atoms with Gasteiger partial charge in [0.25, 0.3) is 0 Å². The van der Waals surface area contributed by atoms with Crippen LogP contribution < -0.4 is 10.1 Å². The Balaban J connectivity index is 1.81. The molecule has 3 aromatic carbocycles. The monoisotopic (exact) mass is 405 g/mol. The highest BCUT2D eigenvalue weighted by Gasteiger charge is 2.34. The zero-order chi connectivity index (χ0) is 20.3. The van der Waals surface area contributed by atoms with E-state index in [1.807, 2.05) is 24.3 Å². The van der Waals surface area contributed by atoms with E-state index in [0.29, 0.717) is 10.8 Å².